The first-order valence-corrected chi connectivity index (χ1v) is 12.2. The minimum absolute atomic E-state index is 0.216. The molecule has 0 N–H and O–H groups in total. The predicted molar refractivity (Wildman–Crippen MR) is 145 cm³/mol. The molecule has 3 aromatic carbocycles. The average molecular weight is 511 g/mol. The van der Waals surface area contributed by atoms with Crippen molar-refractivity contribution in [2.24, 2.45) is 5.10 Å². The van der Waals surface area contributed by atoms with E-state index in [1.54, 1.807) is 20.5 Å². The summed E-state index contributed by atoms with van der Waals surface area (Å²) in [6.07, 6.45) is 2.27. The number of halogens is 1. The minimum atomic E-state index is -0.216. The molecule has 37 heavy (non-hydrogen) atoms. The Kier molecular flexibility index (Phi) is 5.98. The Morgan fingerprint density at radius 2 is 1.70 bits per heavy atom. The molecular weight excluding hydrogens is 488 g/mol. The number of furan rings is 1. The summed E-state index contributed by atoms with van der Waals surface area (Å²) in [5.41, 5.74) is 4.32. The number of benzene rings is 3. The van der Waals surface area contributed by atoms with Gasteiger partial charge in [0.15, 0.2) is 11.5 Å². The number of ether oxygens (including phenoxy) is 2. The van der Waals surface area contributed by atoms with Gasteiger partial charge in [-0.2, -0.15) is 5.10 Å². The fraction of sp³-hybridized carbons (Fsp3) is 0.138. The highest BCUT2D eigenvalue weighted by molar-refractivity contribution is 6.31. The quantitative estimate of drug-likeness (QED) is 0.247. The molecule has 1 aliphatic heterocycles. The van der Waals surface area contributed by atoms with Crippen molar-refractivity contribution in [1.29, 1.82) is 0 Å². The van der Waals surface area contributed by atoms with Crippen LogP contribution in [0.1, 0.15) is 23.8 Å². The van der Waals surface area contributed by atoms with Crippen LogP contribution in [0.4, 0.5) is 5.95 Å². The molecule has 0 saturated heterocycles. The first-order valence-electron chi connectivity index (χ1n) is 11.8. The second-order valence-corrected chi connectivity index (χ2v) is 9.03. The molecule has 0 saturated carbocycles. The normalized spacial score (nSPS) is 15.2. The highest BCUT2D eigenvalue weighted by Crippen LogP contribution is 2.39. The SMILES string of the molecule is COc1ccc(C2=NN(c3nc(-c4ccccc4)c4cc(Cl)ccc4n3)[C@@H](c3ccco3)C2)cc1OC. The standard InChI is InChI=1S/C29H23ClN4O3/c1-35-26-13-10-19(15-27(26)36-2)23-17-24(25-9-6-14-37-25)34(33-23)29-31-22-12-11-20(30)16-21(22)28(32-29)18-7-4-3-5-8-18/h3-16,24H,17H2,1-2H3/t24-/m1/s1. The van der Waals surface area contributed by atoms with Gasteiger partial charge in [-0.1, -0.05) is 41.9 Å². The second-order valence-electron chi connectivity index (χ2n) is 8.60. The Labute approximate surface area is 218 Å². The highest BCUT2D eigenvalue weighted by atomic mass is 35.5. The van der Waals surface area contributed by atoms with Crippen LogP contribution in [0.15, 0.2) is 94.6 Å². The first kappa shape index (κ1) is 23.1. The van der Waals surface area contributed by atoms with Gasteiger partial charge in [0, 0.05) is 28.0 Å². The molecule has 7 nitrogen and oxygen atoms in total. The van der Waals surface area contributed by atoms with Crippen molar-refractivity contribution in [3.05, 3.63) is 101 Å². The number of aromatic nitrogens is 2. The number of fused-ring (bicyclic) bond motifs is 1. The largest absolute Gasteiger partial charge is 0.493 e. The van der Waals surface area contributed by atoms with Gasteiger partial charge in [-0.05, 0) is 48.5 Å². The lowest BCUT2D eigenvalue weighted by atomic mass is 10.0. The third-order valence-corrected chi connectivity index (χ3v) is 6.63. The van der Waals surface area contributed by atoms with Crippen molar-refractivity contribution in [3.8, 4) is 22.8 Å². The van der Waals surface area contributed by atoms with Gasteiger partial charge in [0.05, 0.1) is 37.4 Å². The zero-order valence-electron chi connectivity index (χ0n) is 20.3. The van der Waals surface area contributed by atoms with Crippen molar-refractivity contribution >= 4 is 34.2 Å². The summed E-state index contributed by atoms with van der Waals surface area (Å²) in [6.45, 7) is 0. The zero-order chi connectivity index (χ0) is 25.4. The summed E-state index contributed by atoms with van der Waals surface area (Å²) in [5.74, 6) is 2.56. The van der Waals surface area contributed by atoms with Gasteiger partial charge in [-0.25, -0.2) is 15.0 Å². The van der Waals surface area contributed by atoms with Crippen LogP contribution in [0.2, 0.25) is 5.02 Å². The molecule has 5 aromatic rings. The van der Waals surface area contributed by atoms with Gasteiger partial charge in [0.25, 0.3) is 0 Å². The second kappa shape index (κ2) is 9.59. The van der Waals surface area contributed by atoms with E-state index in [0.717, 1.165) is 39.2 Å². The minimum Gasteiger partial charge on any atom is -0.493 e. The molecule has 6 rings (SSSR count). The number of hydrogen-bond donors (Lipinski definition) is 0. The maximum absolute atomic E-state index is 6.35. The van der Waals surface area contributed by atoms with Crippen LogP contribution in [-0.2, 0) is 0 Å². The summed E-state index contributed by atoms with van der Waals surface area (Å²) in [7, 11) is 3.24. The summed E-state index contributed by atoms with van der Waals surface area (Å²) in [6, 6.07) is 25.0. The number of nitrogens with zero attached hydrogens (tertiary/aromatic N) is 4. The molecule has 0 spiro atoms. The van der Waals surface area contributed by atoms with E-state index in [1.165, 1.54) is 0 Å². The van der Waals surface area contributed by atoms with Crippen LogP contribution < -0.4 is 14.5 Å². The van der Waals surface area contributed by atoms with E-state index in [9.17, 15) is 0 Å². The Morgan fingerprint density at radius 1 is 0.865 bits per heavy atom. The van der Waals surface area contributed by atoms with Gasteiger partial charge < -0.3 is 13.9 Å². The van der Waals surface area contributed by atoms with Gasteiger partial charge in [-0.15, -0.1) is 0 Å². The Balaban J connectivity index is 1.51. The maximum Gasteiger partial charge on any atom is 0.248 e. The smallest absolute Gasteiger partial charge is 0.248 e. The van der Waals surface area contributed by atoms with Crippen LogP contribution >= 0.6 is 11.6 Å². The average Bonchev–Trinajstić information content (AvgIpc) is 3.63. The van der Waals surface area contributed by atoms with Crippen LogP contribution in [0.5, 0.6) is 11.5 Å². The predicted octanol–water partition coefficient (Wildman–Crippen LogP) is 6.92. The lowest BCUT2D eigenvalue weighted by Crippen LogP contribution is -2.20. The van der Waals surface area contributed by atoms with Crippen LogP contribution in [0.25, 0.3) is 22.2 Å². The van der Waals surface area contributed by atoms with E-state index in [-0.39, 0.29) is 6.04 Å². The van der Waals surface area contributed by atoms with Gasteiger partial charge in [0.2, 0.25) is 5.95 Å². The van der Waals surface area contributed by atoms with E-state index < -0.39 is 0 Å². The van der Waals surface area contributed by atoms with E-state index in [2.05, 4.69) is 0 Å². The van der Waals surface area contributed by atoms with E-state index in [1.807, 2.05) is 83.9 Å². The van der Waals surface area contributed by atoms with Crippen LogP contribution in [0.3, 0.4) is 0 Å². The van der Waals surface area contributed by atoms with Crippen molar-refractivity contribution in [3.63, 3.8) is 0 Å². The van der Waals surface area contributed by atoms with Crippen LogP contribution in [0, 0.1) is 0 Å². The van der Waals surface area contributed by atoms with Crippen molar-refractivity contribution in [2.45, 2.75) is 12.5 Å². The fourth-order valence-electron chi connectivity index (χ4n) is 4.59. The molecule has 2 aromatic heterocycles. The highest BCUT2D eigenvalue weighted by Gasteiger charge is 2.34. The molecule has 0 amide bonds. The lowest BCUT2D eigenvalue weighted by molar-refractivity contribution is 0.355. The first-order chi connectivity index (χ1) is 18.1. The van der Waals surface area contributed by atoms with E-state index in [0.29, 0.717) is 28.9 Å². The molecule has 0 fully saturated rings. The lowest BCUT2D eigenvalue weighted by Gasteiger charge is -2.21. The number of hydrogen-bond acceptors (Lipinski definition) is 7. The Hall–Kier alpha value is -4.36. The zero-order valence-corrected chi connectivity index (χ0v) is 21.0. The van der Waals surface area contributed by atoms with Gasteiger partial charge in [0.1, 0.15) is 11.8 Å². The van der Waals surface area contributed by atoms with Crippen molar-refractivity contribution in [1.82, 2.24) is 9.97 Å². The van der Waals surface area contributed by atoms with E-state index in [4.69, 9.17) is 40.6 Å². The van der Waals surface area contributed by atoms with Crippen LogP contribution in [-0.4, -0.2) is 29.9 Å². The number of anilines is 1. The summed E-state index contributed by atoms with van der Waals surface area (Å²) in [4.78, 5) is 9.90. The molecule has 0 bridgehead atoms. The molecule has 0 unspecified atom stereocenters. The number of rotatable bonds is 6. The number of methoxy groups -OCH3 is 2. The molecule has 0 radical (unpaired) electrons. The molecule has 184 valence electrons. The third-order valence-electron chi connectivity index (χ3n) is 6.40. The molecule has 1 aliphatic rings. The van der Waals surface area contributed by atoms with E-state index >= 15 is 0 Å². The Bertz CT molecular complexity index is 1600. The molecular formula is C29H23ClN4O3. The molecule has 1 atom stereocenters. The monoisotopic (exact) mass is 510 g/mol. The summed E-state index contributed by atoms with van der Waals surface area (Å²) < 4.78 is 16.8. The third kappa shape index (κ3) is 4.27. The van der Waals surface area contributed by atoms with Crippen molar-refractivity contribution in [2.75, 3.05) is 19.2 Å². The maximum atomic E-state index is 6.35. The summed E-state index contributed by atoms with van der Waals surface area (Å²) >= 11 is 6.35. The fourth-order valence-corrected chi connectivity index (χ4v) is 4.77. The molecule has 3 heterocycles. The molecule has 0 aliphatic carbocycles. The Morgan fingerprint density at radius 3 is 2.46 bits per heavy atom. The summed E-state index contributed by atoms with van der Waals surface area (Å²) in [5, 5.41) is 8.34. The van der Waals surface area contributed by atoms with Crippen molar-refractivity contribution < 1.29 is 13.9 Å². The topological polar surface area (TPSA) is 73.0 Å². The van der Waals surface area contributed by atoms with Gasteiger partial charge >= 0.3 is 0 Å². The van der Waals surface area contributed by atoms with Gasteiger partial charge in [-0.3, -0.25) is 0 Å². The molecule has 8 heteroatoms. The number of hydrazone groups is 1.